The van der Waals surface area contributed by atoms with Gasteiger partial charge in [-0.15, -0.1) is 0 Å². The Hall–Kier alpha value is -0.0800. The Bertz CT molecular complexity index is 146. The van der Waals surface area contributed by atoms with E-state index in [4.69, 9.17) is 4.74 Å². The van der Waals surface area contributed by atoms with Crippen LogP contribution in [0, 0.1) is 17.8 Å². The minimum Gasteiger partial charge on any atom is -0.393 e. The first-order valence-corrected chi connectivity index (χ1v) is 4.55. The maximum absolute atomic E-state index is 9.57. The molecule has 0 aromatic carbocycles. The molecule has 2 fully saturated rings. The van der Waals surface area contributed by atoms with E-state index in [2.05, 4.69) is 6.92 Å². The minimum absolute atomic E-state index is 0.0632. The fraction of sp³-hybridized carbons (Fsp3) is 1.00. The summed E-state index contributed by atoms with van der Waals surface area (Å²) in [6.07, 6.45) is 2.10. The molecule has 1 N–H and O–H groups in total. The Morgan fingerprint density at radius 3 is 3.00 bits per heavy atom. The summed E-state index contributed by atoms with van der Waals surface area (Å²) >= 11 is 0. The number of rotatable bonds is 0. The number of hydrogen-bond donors (Lipinski definition) is 1. The Morgan fingerprint density at radius 2 is 2.27 bits per heavy atom. The van der Waals surface area contributed by atoms with Gasteiger partial charge in [0.25, 0.3) is 0 Å². The molecule has 1 aliphatic carbocycles. The summed E-state index contributed by atoms with van der Waals surface area (Å²) in [5.74, 6) is 1.84. The summed E-state index contributed by atoms with van der Waals surface area (Å²) in [5, 5.41) is 9.57. The van der Waals surface area contributed by atoms with Crippen molar-refractivity contribution < 1.29 is 9.84 Å². The number of hydrogen-bond acceptors (Lipinski definition) is 2. The predicted octanol–water partition coefficient (Wildman–Crippen LogP) is 1.04. The topological polar surface area (TPSA) is 29.5 Å². The highest BCUT2D eigenvalue weighted by molar-refractivity contribution is 4.90. The van der Waals surface area contributed by atoms with E-state index in [9.17, 15) is 5.11 Å². The lowest BCUT2D eigenvalue weighted by Crippen LogP contribution is -2.27. The van der Waals surface area contributed by atoms with Crippen molar-refractivity contribution in [3.05, 3.63) is 0 Å². The van der Waals surface area contributed by atoms with Gasteiger partial charge in [0.15, 0.2) is 0 Å². The summed E-state index contributed by atoms with van der Waals surface area (Å²) in [7, 11) is 0. The standard InChI is InChI=1S/C9H16O2/c1-6-8-5-11-3-2-7(8)4-9(6)10/h6-10H,2-5H2,1H3. The van der Waals surface area contributed by atoms with Crippen LogP contribution in [0.25, 0.3) is 0 Å². The van der Waals surface area contributed by atoms with Crippen LogP contribution in [0.2, 0.25) is 0 Å². The molecule has 0 spiro atoms. The Labute approximate surface area is 67.6 Å². The van der Waals surface area contributed by atoms with Gasteiger partial charge in [0, 0.05) is 13.2 Å². The van der Waals surface area contributed by atoms with Crippen LogP contribution in [0.4, 0.5) is 0 Å². The van der Waals surface area contributed by atoms with Crippen molar-refractivity contribution in [3.63, 3.8) is 0 Å². The van der Waals surface area contributed by atoms with Crippen LogP contribution in [0.5, 0.6) is 0 Å². The summed E-state index contributed by atoms with van der Waals surface area (Å²) in [6.45, 7) is 3.92. The van der Waals surface area contributed by atoms with Crippen LogP contribution in [0.1, 0.15) is 19.8 Å². The van der Waals surface area contributed by atoms with Gasteiger partial charge in [0.2, 0.25) is 0 Å². The fourth-order valence-corrected chi connectivity index (χ4v) is 2.49. The molecule has 4 atom stereocenters. The first-order chi connectivity index (χ1) is 5.29. The first-order valence-electron chi connectivity index (χ1n) is 4.55. The van der Waals surface area contributed by atoms with Gasteiger partial charge in [0.05, 0.1) is 6.10 Å². The Morgan fingerprint density at radius 1 is 1.45 bits per heavy atom. The zero-order valence-electron chi connectivity index (χ0n) is 6.99. The molecule has 0 radical (unpaired) electrons. The molecule has 1 heterocycles. The van der Waals surface area contributed by atoms with E-state index in [1.165, 1.54) is 0 Å². The molecule has 11 heavy (non-hydrogen) atoms. The van der Waals surface area contributed by atoms with E-state index in [1.807, 2.05) is 0 Å². The van der Waals surface area contributed by atoms with Gasteiger partial charge in [-0.2, -0.15) is 0 Å². The summed E-state index contributed by atoms with van der Waals surface area (Å²) in [6, 6.07) is 0. The molecule has 2 rings (SSSR count). The zero-order chi connectivity index (χ0) is 7.84. The number of aliphatic hydroxyl groups excluding tert-OH is 1. The van der Waals surface area contributed by atoms with E-state index in [-0.39, 0.29) is 6.10 Å². The molecule has 1 saturated carbocycles. The molecule has 0 amide bonds. The van der Waals surface area contributed by atoms with Crippen molar-refractivity contribution in [2.75, 3.05) is 13.2 Å². The lowest BCUT2D eigenvalue weighted by atomic mass is 9.87. The van der Waals surface area contributed by atoms with Gasteiger partial charge in [-0.1, -0.05) is 6.92 Å². The second kappa shape index (κ2) is 2.76. The van der Waals surface area contributed by atoms with Crippen LogP contribution in [0.15, 0.2) is 0 Å². The van der Waals surface area contributed by atoms with Crippen LogP contribution < -0.4 is 0 Å². The highest BCUT2D eigenvalue weighted by Gasteiger charge is 2.41. The Kier molecular flexibility index (Phi) is 1.90. The number of fused-ring (bicyclic) bond motifs is 1. The third-order valence-electron chi connectivity index (χ3n) is 3.38. The maximum atomic E-state index is 9.57. The molecular weight excluding hydrogens is 140 g/mol. The van der Waals surface area contributed by atoms with E-state index in [0.717, 1.165) is 32.0 Å². The zero-order valence-corrected chi connectivity index (χ0v) is 6.99. The molecule has 64 valence electrons. The molecular formula is C9H16O2. The number of ether oxygens (including phenoxy) is 1. The fourth-order valence-electron chi connectivity index (χ4n) is 2.49. The molecule has 1 aliphatic heterocycles. The van der Waals surface area contributed by atoms with Crippen LogP contribution in [-0.2, 0) is 4.74 Å². The average Bonchev–Trinajstić information content (AvgIpc) is 2.30. The van der Waals surface area contributed by atoms with Crippen molar-refractivity contribution in [2.24, 2.45) is 17.8 Å². The Balaban J connectivity index is 2.05. The van der Waals surface area contributed by atoms with E-state index in [0.29, 0.717) is 11.8 Å². The normalized spacial score (nSPS) is 50.7. The van der Waals surface area contributed by atoms with Gasteiger partial charge >= 0.3 is 0 Å². The second-order valence-corrected chi connectivity index (χ2v) is 3.95. The second-order valence-electron chi connectivity index (χ2n) is 3.95. The molecule has 0 aromatic heterocycles. The quantitative estimate of drug-likeness (QED) is 0.568. The van der Waals surface area contributed by atoms with Crippen molar-refractivity contribution in [2.45, 2.75) is 25.9 Å². The van der Waals surface area contributed by atoms with E-state index < -0.39 is 0 Å². The highest BCUT2D eigenvalue weighted by Crippen LogP contribution is 2.41. The summed E-state index contributed by atoms with van der Waals surface area (Å²) in [4.78, 5) is 0. The summed E-state index contributed by atoms with van der Waals surface area (Å²) < 4.78 is 5.39. The van der Waals surface area contributed by atoms with Gasteiger partial charge in [-0.25, -0.2) is 0 Å². The van der Waals surface area contributed by atoms with Crippen molar-refractivity contribution in [1.82, 2.24) is 0 Å². The third kappa shape index (κ3) is 1.18. The summed E-state index contributed by atoms with van der Waals surface area (Å²) in [5.41, 5.74) is 0. The maximum Gasteiger partial charge on any atom is 0.0572 e. The largest absolute Gasteiger partial charge is 0.393 e. The minimum atomic E-state index is -0.0632. The molecule has 0 bridgehead atoms. The highest BCUT2D eigenvalue weighted by atomic mass is 16.5. The molecule has 4 unspecified atom stereocenters. The van der Waals surface area contributed by atoms with Gasteiger partial charge < -0.3 is 9.84 Å². The predicted molar refractivity (Wildman–Crippen MR) is 42.2 cm³/mol. The lowest BCUT2D eigenvalue weighted by Gasteiger charge is -2.27. The molecule has 0 aromatic rings. The van der Waals surface area contributed by atoms with E-state index >= 15 is 0 Å². The first kappa shape index (κ1) is 7.56. The van der Waals surface area contributed by atoms with E-state index in [1.54, 1.807) is 0 Å². The van der Waals surface area contributed by atoms with Gasteiger partial charge in [-0.05, 0) is 30.6 Å². The third-order valence-corrected chi connectivity index (χ3v) is 3.38. The van der Waals surface area contributed by atoms with Gasteiger partial charge in [-0.3, -0.25) is 0 Å². The molecule has 2 aliphatic rings. The van der Waals surface area contributed by atoms with Crippen LogP contribution >= 0.6 is 0 Å². The smallest absolute Gasteiger partial charge is 0.0572 e. The molecule has 2 heteroatoms. The SMILES string of the molecule is CC1C(O)CC2CCOCC21. The van der Waals surface area contributed by atoms with Crippen molar-refractivity contribution in [3.8, 4) is 0 Å². The molecule has 1 saturated heterocycles. The monoisotopic (exact) mass is 156 g/mol. The van der Waals surface area contributed by atoms with Crippen LogP contribution in [0.3, 0.4) is 0 Å². The van der Waals surface area contributed by atoms with Crippen molar-refractivity contribution >= 4 is 0 Å². The van der Waals surface area contributed by atoms with Crippen molar-refractivity contribution in [1.29, 1.82) is 0 Å². The average molecular weight is 156 g/mol. The molecule has 2 nitrogen and oxygen atoms in total. The van der Waals surface area contributed by atoms with Gasteiger partial charge in [0.1, 0.15) is 0 Å². The van der Waals surface area contributed by atoms with Crippen LogP contribution in [-0.4, -0.2) is 24.4 Å². The lowest BCUT2D eigenvalue weighted by molar-refractivity contribution is 0.0131. The number of aliphatic hydroxyl groups is 1.